The highest BCUT2D eigenvalue weighted by molar-refractivity contribution is 7.15. The number of aliphatic hydroxyl groups excluding tert-OH is 1. The van der Waals surface area contributed by atoms with Gasteiger partial charge in [0.15, 0.2) is 0 Å². The van der Waals surface area contributed by atoms with Crippen LogP contribution < -0.4 is 9.64 Å². The van der Waals surface area contributed by atoms with Crippen molar-refractivity contribution in [1.29, 1.82) is 0 Å². The Kier molecular flexibility index (Phi) is 5.48. The lowest BCUT2D eigenvalue weighted by molar-refractivity contribution is -0.132. The Morgan fingerprint density at radius 3 is 2.53 bits per heavy atom. The zero-order valence-corrected chi connectivity index (χ0v) is 20.2. The van der Waals surface area contributed by atoms with Gasteiger partial charge in [-0.2, -0.15) is 0 Å². The van der Waals surface area contributed by atoms with Crippen molar-refractivity contribution in [2.24, 2.45) is 0 Å². The van der Waals surface area contributed by atoms with Crippen LogP contribution in [0.4, 0.5) is 5.13 Å². The van der Waals surface area contributed by atoms with Crippen LogP contribution in [0.2, 0.25) is 0 Å². The van der Waals surface area contributed by atoms with Gasteiger partial charge in [0.05, 0.1) is 11.6 Å². The average Bonchev–Trinajstić information content (AvgIpc) is 3.48. The Balaban J connectivity index is 1.67. The fourth-order valence-electron chi connectivity index (χ4n) is 4.52. The summed E-state index contributed by atoms with van der Waals surface area (Å²) < 4.78 is 5.76. The summed E-state index contributed by atoms with van der Waals surface area (Å²) in [5, 5.41) is 20.5. The first-order chi connectivity index (χ1) is 16.2. The van der Waals surface area contributed by atoms with Gasteiger partial charge in [-0.1, -0.05) is 49.4 Å². The van der Waals surface area contributed by atoms with E-state index >= 15 is 0 Å². The second-order valence-electron chi connectivity index (χ2n) is 9.05. The van der Waals surface area contributed by atoms with E-state index in [0.29, 0.717) is 21.6 Å². The number of ether oxygens (including phenoxy) is 1. The van der Waals surface area contributed by atoms with Gasteiger partial charge in [-0.25, -0.2) is 0 Å². The van der Waals surface area contributed by atoms with Gasteiger partial charge in [-0.05, 0) is 54.7 Å². The molecule has 2 aliphatic heterocycles. The number of hydrogen-bond acceptors (Lipinski definition) is 7. The normalized spacial score (nSPS) is 21.3. The van der Waals surface area contributed by atoms with Crippen LogP contribution >= 0.6 is 11.3 Å². The summed E-state index contributed by atoms with van der Waals surface area (Å²) in [7, 11) is 0. The molecule has 2 unspecified atom stereocenters. The van der Waals surface area contributed by atoms with E-state index in [9.17, 15) is 14.7 Å². The summed E-state index contributed by atoms with van der Waals surface area (Å²) >= 11 is 1.23. The number of amides is 1. The summed E-state index contributed by atoms with van der Waals surface area (Å²) in [5.41, 5.74) is 3.34. The predicted octanol–water partition coefficient (Wildman–Crippen LogP) is 4.92. The van der Waals surface area contributed by atoms with Gasteiger partial charge in [-0.15, -0.1) is 10.2 Å². The number of carbonyl (C=O) groups is 2. The SMILES string of the molecule is Cc1nnc(N2C(=O)C(=O)/C(=C(/O)c3ccc4c(c3)CC(C)O4)C2c2ccc(C(C)C)cc2)s1. The second-order valence-corrected chi connectivity index (χ2v) is 10.2. The molecule has 2 atom stereocenters. The number of hydrogen-bond donors (Lipinski definition) is 1. The van der Waals surface area contributed by atoms with Crippen molar-refractivity contribution in [2.75, 3.05) is 4.90 Å². The van der Waals surface area contributed by atoms with E-state index in [0.717, 1.165) is 28.9 Å². The zero-order valence-electron chi connectivity index (χ0n) is 19.4. The molecule has 2 aromatic carbocycles. The molecule has 8 heteroatoms. The Labute approximate surface area is 201 Å². The van der Waals surface area contributed by atoms with Crippen LogP contribution in [0.25, 0.3) is 5.76 Å². The van der Waals surface area contributed by atoms with E-state index < -0.39 is 17.7 Å². The van der Waals surface area contributed by atoms with Crippen molar-refractivity contribution in [3.05, 3.63) is 75.3 Å². The van der Waals surface area contributed by atoms with Gasteiger partial charge >= 0.3 is 5.91 Å². The molecule has 1 fully saturated rings. The number of aromatic nitrogens is 2. The lowest BCUT2D eigenvalue weighted by Gasteiger charge is -2.23. The first-order valence-electron chi connectivity index (χ1n) is 11.3. The smallest absolute Gasteiger partial charge is 0.301 e. The predicted molar refractivity (Wildman–Crippen MR) is 130 cm³/mol. The molecule has 174 valence electrons. The maximum Gasteiger partial charge on any atom is 0.301 e. The third-order valence-electron chi connectivity index (χ3n) is 6.25. The number of nitrogens with zero attached hydrogens (tertiary/aromatic N) is 3. The average molecular weight is 476 g/mol. The molecular formula is C26H25N3O4S. The first kappa shape index (κ1) is 22.3. The molecule has 0 radical (unpaired) electrons. The molecule has 1 amide bonds. The number of rotatable bonds is 4. The number of ketones is 1. The number of aliphatic hydroxyl groups is 1. The van der Waals surface area contributed by atoms with Gasteiger partial charge in [0.2, 0.25) is 5.13 Å². The van der Waals surface area contributed by atoms with Crippen LogP contribution in [-0.2, 0) is 16.0 Å². The first-order valence-corrected chi connectivity index (χ1v) is 12.1. The van der Waals surface area contributed by atoms with Crippen molar-refractivity contribution < 1.29 is 19.4 Å². The van der Waals surface area contributed by atoms with Crippen LogP contribution in [0.5, 0.6) is 5.75 Å². The highest BCUT2D eigenvalue weighted by Gasteiger charge is 2.48. The third kappa shape index (κ3) is 3.68. The van der Waals surface area contributed by atoms with Gasteiger partial charge in [0, 0.05) is 12.0 Å². The molecule has 0 bridgehead atoms. The van der Waals surface area contributed by atoms with Crippen LogP contribution in [0.15, 0.2) is 48.0 Å². The van der Waals surface area contributed by atoms with Crippen LogP contribution in [0.1, 0.15) is 60.0 Å². The molecule has 2 aliphatic rings. The molecule has 34 heavy (non-hydrogen) atoms. The highest BCUT2D eigenvalue weighted by Crippen LogP contribution is 2.43. The molecule has 3 heterocycles. The van der Waals surface area contributed by atoms with Gasteiger partial charge in [0.1, 0.15) is 22.6 Å². The monoisotopic (exact) mass is 475 g/mol. The molecule has 5 rings (SSSR count). The topological polar surface area (TPSA) is 92.6 Å². The molecule has 1 N–H and O–H groups in total. The summed E-state index contributed by atoms with van der Waals surface area (Å²) in [6.07, 6.45) is 0.771. The molecule has 7 nitrogen and oxygen atoms in total. The third-order valence-corrected chi connectivity index (χ3v) is 7.09. The number of carbonyl (C=O) groups excluding carboxylic acids is 2. The second kappa shape index (κ2) is 8.36. The number of aryl methyl sites for hydroxylation is 1. The highest BCUT2D eigenvalue weighted by atomic mass is 32.1. The number of benzene rings is 2. The van der Waals surface area contributed by atoms with Crippen molar-refractivity contribution in [2.45, 2.75) is 52.2 Å². The van der Waals surface area contributed by atoms with Crippen LogP contribution in [0, 0.1) is 6.92 Å². The molecule has 0 saturated carbocycles. The Morgan fingerprint density at radius 1 is 1.15 bits per heavy atom. The van der Waals surface area contributed by atoms with Gasteiger partial charge < -0.3 is 9.84 Å². The molecule has 0 spiro atoms. The van der Waals surface area contributed by atoms with E-state index in [1.807, 2.05) is 37.3 Å². The lowest BCUT2D eigenvalue weighted by atomic mass is 9.93. The van der Waals surface area contributed by atoms with E-state index in [1.54, 1.807) is 19.1 Å². The Morgan fingerprint density at radius 2 is 1.88 bits per heavy atom. The quantitative estimate of drug-likeness (QED) is 0.327. The van der Waals surface area contributed by atoms with Gasteiger partial charge in [-0.3, -0.25) is 14.5 Å². The van der Waals surface area contributed by atoms with Crippen molar-refractivity contribution in [3.8, 4) is 5.75 Å². The fraction of sp³-hybridized carbons (Fsp3) is 0.308. The minimum absolute atomic E-state index is 0.0436. The fourth-order valence-corrected chi connectivity index (χ4v) is 5.23. The van der Waals surface area contributed by atoms with Crippen molar-refractivity contribution in [1.82, 2.24) is 10.2 Å². The van der Waals surface area contributed by atoms with E-state index in [2.05, 4.69) is 24.0 Å². The minimum Gasteiger partial charge on any atom is -0.507 e. The van der Waals surface area contributed by atoms with Crippen molar-refractivity contribution in [3.63, 3.8) is 0 Å². The lowest BCUT2D eigenvalue weighted by Crippen LogP contribution is -2.29. The Bertz CT molecular complexity index is 1330. The maximum atomic E-state index is 13.3. The summed E-state index contributed by atoms with van der Waals surface area (Å²) in [6, 6.07) is 12.3. The van der Waals surface area contributed by atoms with Crippen molar-refractivity contribution >= 4 is 33.9 Å². The minimum atomic E-state index is -0.808. The van der Waals surface area contributed by atoms with Gasteiger partial charge in [0.25, 0.3) is 5.78 Å². The maximum absolute atomic E-state index is 13.3. The number of anilines is 1. The zero-order chi connectivity index (χ0) is 24.1. The van der Waals surface area contributed by atoms with E-state index in [4.69, 9.17) is 4.74 Å². The van der Waals surface area contributed by atoms with Crippen LogP contribution in [0.3, 0.4) is 0 Å². The standard InChI is InChI=1S/C26H25N3O4S/c1-13(2)16-5-7-17(8-6-16)22-21(24(31)25(32)29(22)26-28-27-15(4)34-26)23(30)18-9-10-20-19(12-18)11-14(3)33-20/h5-10,12-14,22,30H,11H2,1-4H3/b23-21+. The number of fused-ring (bicyclic) bond motifs is 1. The summed E-state index contributed by atoms with van der Waals surface area (Å²) in [5.74, 6) is -0.568. The van der Waals surface area contributed by atoms with E-state index in [-0.39, 0.29) is 17.4 Å². The number of Topliss-reactive ketones (excluding diaryl/α,β-unsaturated/α-hetero) is 1. The molecule has 0 aliphatic carbocycles. The molecular weight excluding hydrogens is 450 g/mol. The molecule has 3 aromatic rings. The summed E-state index contributed by atoms with van der Waals surface area (Å²) in [4.78, 5) is 27.8. The van der Waals surface area contributed by atoms with Crippen LogP contribution in [-0.4, -0.2) is 33.1 Å². The van der Waals surface area contributed by atoms with E-state index in [1.165, 1.54) is 16.2 Å². The summed E-state index contributed by atoms with van der Waals surface area (Å²) in [6.45, 7) is 7.97. The molecule has 1 aromatic heterocycles. The largest absolute Gasteiger partial charge is 0.507 e. The molecule has 1 saturated heterocycles. The Hall–Kier alpha value is -3.52.